The quantitative estimate of drug-likeness (QED) is 0.847. The van der Waals surface area contributed by atoms with Gasteiger partial charge in [0.2, 0.25) is 0 Å². The highest BCUT2D eigenvalue weighted by Crippen LogP contribution is 2.40. The van der Waals surface area contributed by atoms with Crippen LogP contribution in [0.25, 0.3) is 0 Å². The maximum absolute atomic E-state index is 5.66. The number of nitrogens with one attached hydrogen (secondary N) is 1. The van der Waals surface area contributed by atoms with E-state index in [1.54, 1.807) is 0 Å². The molecule has 0 amide bonds. The first kappa shape index (κ1) is 11.8. The van der Waals surface area contributed by atoms with Crippen molar-refractivity contribution >= 4 is 17.4 Å². The van der Waals surface area contributed by atoms with Gasteiger partial charge in [0, 0.05) is 16.2 Å². The number of nitrogens with two attached hydrogens (primary N) is 1. The van der Waals surface area contributed by atoms with Crippen LogP contribution in [0.2, 0.25) is 0 Å². The Morgan fingerprint density at radius 1 is 1.44 bits per heavy atom. The summed E-state index contributed by atoms with van der Waals surface area (Å²) in [6.45, 7) is 5.23. The molecule has 2 nitrogen and oxygen atoms in total. The van der Waals surface area contributed by atoms with Crippen LogP contribution < -0.4 is 11.1 Å². The zero-order valence-corrected chi connectivity index (χ0v) is 10.8. The van der Waals surface area contributed by atoms with E-state index in [1.165, 1.54) is 16.1 Å². The highest BCUT2D eigenvalue weighted by Gasteiger charge is 2.25. The van der Waals surface area contributed by atoms with E-state index < -0.39 is 0 Å². The lowest BCUT2D eigenvalue weighted by molar-refractivity contribution is 0.671. The average Bonchev–Trinajstić information content (AvgIpc) is 2.30. The molecule has 1 heterocycles. The van der Waals surface area contributed by atoms with E-state index in [9.17, 15) is 0 Å². The number of benzene rings is 1. The summed E-state index contributed by atoms with van der Waals surface area (Å²) in [5.41, 5.74) is 8.42. The van der Waals surface area contributed by atoms with E-state index in [0.717, 1.165) is 19.4 Å². The van der Waals surface area contributed by atoms with Gasteiger partial charge < -0.3 is 11.1 Å². The fourth-order valence-corrected chi connectivity index (χ4v) is 3.51. The van der Waals surface area contributed by atoms with Gasteiger partial charge in [-0.1, -0.05) is 19.1 Å². The Morgan fingerprint density at radius 3 is 2.94 bits per heavy atom. The largest absolute Gasteiger partial charge is 0.380 e. The van der Waals surface area contributed by atoms with Crippen LogP contribution in [0.5, 0.6) is 0 Å². The monoisotopic (exact) mass is 236 g/mol. The number of anilines is 1. The molecule has 2 atom stereocenters. The Hall–Kier alpha value is -0.670. The molecule has 1 aliphatic heterocycles. The number of aryl methyl sites for hydroxylation is 1. The number of thioether (sulfide) groups is 1. The van der Waals surface area contributed by atoms with Crippen molar-refractivity contribution in [3.63, 3.8) is 0 Å². The van der Waals surface area contributed by atoms with Crippen LogP contribution in [-0.4, -0.2) is 17.8 Å². The van der Waals surface area contributed by atoms with Crippen LogP contribution in [0.15, 0.2) is 23.1 Å². The van der Waals surface area contributed by atoms with E-state index in [0.29, 0.717) is 11.3 Å². The normalized spacial score (nSPS) is 23.7. The Balaban J connectivity index is 2.27. The topological polar surface area (TPSA) is 38.0 Å². The fourth-order valence-electron chi connectivity index (χ4n) is 2.19. The van der Waals surface area contributed by atoms with E-state index in [1.807, 2.05) is 11.8 Å². The number of hydrogen-bond donors (Lipinski definition) is 2. The van der Waals surface area contributed by atoms with E-state index >= 15 is 0 Å². The van der Waals surface area contributed by atoms with Gasteiger partial charge in [-0.2, -0.15) is 0 Å². The molecular formula is C13H20N2S. The Morgan fingerprint density at radius 2 is 2.25 bits per heavy atom. The molecule has 1 aromatic rings. The second kappa shape index (κ2) is 5.11. The maximum Gasteiger partial charge on any atom is 0.0513 e. The lowest BCUT2D eigenvalue weighted by Crippen LogP contribution is -2.33. The summed E-state index contributed by atoms with van der Waals surface area (Å²) in [6.07, 6.45) is 2.17. The molecule has 2 rings (SSSR count). The average molecular weight is 236 g/mol. The Kier molecular flexibility index (Phi) is 3.77. The predicted molar refractivity (Wildman–Crippen MR) is 72.2 cm³/mol. The minimum absolute atomic E-state index is 0.508. The molecule has 3 N–H and O–H groups in total. The summed E-state index contributed by atoms with van der Waals surface area (Å²) in [7, 11) is 0. The Bertz CT molecular complexity index is 365. The second-order valence-electron chi connectivity index (χ2n) is 4.31. The molecule has 88 valence electrons. The summed E-state index contributed by atoms with van der Waals surface area (Å²) in [5, 5.41) is 4.24. The van der Waals surface area contributed by atoms with Crippen molar-refractivity contribution in [2.75, 3.05) is 11.9 Å². The van der Waals surface area contributed by atoms with Crippen LogP contribution in [0.4, 0.5) is 5.69 Å². The lowest BCUT2D eigenvalue weighted by atomic mass is 10.1. The third kappa shape index (κ3) is 2.20. The molecule has 0 fully saturated rings. The first-order valence-corrected chi connectivity index (χ1v) is 6.89. The second-order valence-corrected chi connectivity index (χ2v) is 5.59. The molecule has 0 saturated heterocycles. The molecule has 16 heavy (non-hydrogen) atoms. The zero-order valence-electron chi connectivity index (χ0n) is 9.99. The van der Waals surface area contributed by atoms with Gasteiger partial charge in [-0.15, -0.1) is 11.8 Å². The first-order chi connectivity index (χ1) is 7.76. The molecule has 0 radical (unpaired) electrons. The van der Waals surface area contributed by atoms with Crippen LogP contribution in [0.1, 0.15) is 25.8 Å². The molecule has 0 aliphatic carbocycles. The summed E-state index contributed by atoms with van der Waals surface area (Å²) in [5.74, 6) is 0. The van der Waals surface area contributed by atoms with Crippen molar-refractivity contribution in [1.82, 2.24) is 0 Å². The van der Waals surface area contributed by atoms with Crippen molar-refractivity contribution in [3.8, 4) is 0 Å². The number of para-hydroxylation sites is 1. The maximum atomic E-state index is 5.66. The first-order valence-electron chi connectivity index (χ1n) is 6.01. The van der Waals surface area contributed by atoms with Gasteiger partial charge in [0.25, 0.3) is 0 Å². The van der Waals surface area contributed by atoms with Crippen molar-refractivity contribution < 1.29 is 0 Å². The minimum atomic E-state index is 0.508. The molecule has 2 unspecified atom stereocenters. The highest BCUT2D eigenvalue weighted by atomic mass is 32.2. The summed E-state index contributed by atoms with van der Waals surface area (Å²) in [4.78, 5) is 1.39. The molecule has 3 heteroatoms. The van der Waals surface area contributed by atoms with Crippen molar-refractivity contribution in [1.29, 1.82) is 0 Å². The highest BCUT2D eigenvalue weighted by molar-refractivity contribution is 8.00. The summed E-state index contributed by atoms with van der Waals surface area (Å²) in [6, 6.07) is 7.08. The summed E-state index contributed by atoms with van der Waals surface area (Å²) >= 11 is 1.98. The van der Waals surface area contributed by atoms with Crippen LogP contribution >= 0.6 is 11.8 Å². The fraction of sp³-hybridized carbons (Fsp3) is 0.538. The van der Waals surface area contributed by atoms with Crippen LogP contribution in [0.3, 0.4) is 0 Å². The van der Waals surface area contributed by atoms with Gasteiger partial charge in [-0.05, 0) is 37.9 Å². The van der Waals surface area contributed by atoms with Crippen molar-refractivity contribution in [2.45, 2.75) is 42.9 Å². The third-order valence-electron chi connectivity index (χ3n) is 3.15. The van der Waals surface area contributed by atoms with Gasteiger partial charge >= 0.3 is 0 Å². The molecule has 0 bridgehead atoms. The predicted octanol–water partition coefficient (Wildman–Crippen LogP) is 2.87. The van der Waals surface area contributed by atoms with Crippen LogP contribution in [-0.2, 0) is 6.42 Å². The lowest BCUT2D eigenvalue weighted by Gasteiger charge is -2.33. The summed E-state index contributed by atoms with van der Waals surface area (Å²) < 4.78 is 0. The van der Waals surface area contributed by atoms with Gasteiger partial charge in [0.1, 0.15) is 0 Å². The van der Waals surface area contributed by atoms with Gasteiger partial charge in [0.15, 0.2) is 0 Å². The van der Waals surface area contributed by atoms with E-state index in [2.05, 4.69) is 37.4 Å². The van der Waals surface area contributed by atoms with E-state index in [4.69, 9.17) is 5.73 Å². The SMILES string of the molecule is CCc1cccc2c1NC(C)C(CCN)S2. The van der Waals surface area contributed by atoms with E-state index in [-0.39, 0.29) is 0 Å². The smallest absolute Gasteiger partial charge is 0.0513 e. The molecule has 1 aliphatic rings. The van der Waals surface area contributed by atoms with Crippen molar-refractivity contribution in [2.24, 2.45) is 5.73 Å². The van der Waals surface area contributed by atoms with Crippen LogP contribution in [0, 0.1) is 0 Å². The minimum Gasteiger partial charge on any atom is -0.380 e. The zero-order chi connectivity index (χ0) is 11.5. The van der Waals surface area contributed by atoms with Gasteiger partial charge in [0.05, 0.1) is 5.69 Å². The molecule has 0 saturated carbocycles. The number of rotatable bonds is 3. The third-order valence-corrected chi connectivity index (χ3v) is 4.69. The van der Waals surface area contributed by atoms with Gasteiger partial charge in [-0.25, -0.2) is 0 Å². The number of hydrogen-bond acceptors (Lipinski definition) is 3. The number of fused-ring (bicyclic) bond motifs is 1. The molecule has 0 spiro atoms. The molecule has 1 aromatic carbocycles. The standard InChI is InChI=1S/C13H20N2S/c1-3-10-5-4-6-12-13(10)15-9(2)11(16-12)7-8-14/h4-6,9,11,15H,3,7-8,14H2,1-2H3. The molecule has 0 aromatic heterocycles. The Labute approximate surface area is 102 Å². The van der Waals surface area contributed by atoms with Crippen molar-refractivity contribution in [3.05, 3.63) is 23.8 Å². The molecular weight excluding hydrogens is 216 g/mol. The van der Waals surface area contributed by atoms with Gasteiger partial charge in [-0.3, -0.25) is 0 Å².